The van der Waals surface area contributed by atoms with Crippen LogP contribution in [0.4, 0.5) is 0 Å². The molecule has 0 spiro atoms. The van der Waals surface area contributed by atoms with E-state index in [0.717, 1.165) is 23.4 Å². The molecular weight excluding hydrogens is 342 g/mol. The number of fused-ring (bicyclic) bond motifs is 1. The molecule has 0 bridgehead atoms. The minimum atomic E-state index is -0.351. The summed E-state index contributed by atoms with van der Waals surface area (Å²) in [6.07, 6.45) is 3.30. The Hall–Kier alpha value is -1.70. The average molecular weight is 352 g/mol. The number of carbonyl (C=O) groups excluding carboxylic acids is 1. The van der Waals surface area contributed by atoms with Crippen LogP contribution in [0.2, 0.25) is 4.34 Å². The van der Waals surface area contributed by atoms with E-state index in [9.17, 15) is 9.59 Å². The van der Waals surface area contributed by atoms with Gasteiger partial charge in [0.25, 0.3) is 11.5 Å². The van der Waals surface area contributed by atoms with E-state index in [-0.39, 0.29) is 23.1 Å². The van der Waals surface area contributed by atoms with Crippen LogP contribution in [0.3, 0.4) is 0 Å². The first-order chi connectivity index (χ1) is 10.6. The molecule has 3 aromatic heterocycles. The smallest absolute Gasteiger partial charge is 0.271 e. The lowest BCUT2D eigenvalue weighted by Gasteiger charge is -2.04. The molecule has 4 rings (SSSR count). The second-order valence-electron chi connectivity index (χ2n) is 5.07. The molecule has 1 N–H and O–H groups in total. The minimum absolute atomic E-state index is 0.0757. The molecule has 5 nitrogen and oxygen atoms in total. The number of hydrogen-bond donors (Lipinski definition) is 1. The molecule has 0 aliphatic heterocycles. The summed E-state index contributed by atoms with van der Waals surface area (Å²) in [5, 5.41) is 4.68. The second kappa shape index (κ2) is 5.19. The van der Waals surface area contributed by atoms with Gasteiger partial charge in [-0.2, -0.15) is 0 Å². The van der Waals surface area contributed by atoms with Crippen molar-refractivity contribution in [2.45, 2.75) is 18.9 Å². The van der Waals surface area contributed by atoms with Crippen LogP contribution in [0.25, 0.3) is 15.5 Å². The summed E-state index contributed by atoms with van der Waals surface area (Å²) in [4.78, 5) is 30.5. The Morgan fingerprint density at radius 3 is 2.91 bits per heavy atom. The van der Waals surface area contributed by atoms with Gasteiger partial charge in [-0.25, -0.2) is 9.38 Å². The summed E-state index contributed by atoms with van der Waals surface area (Å²) in [6.45, 7) is 0. The largest absolute Gasteiger partial charge is 0.349 e. The topological polar surface area (TPSA) is 63.5 Å². The van der Waals surface area contributed by atoms with Gasteiger partial charge in [-0.1, -0.05) is 11.6 Å². The van der Waals surface area contributed by atoms with E-state index >= 15 is 0 Å². The van der Waals surface area contributed by atoms with Gasteiger partial charge < -0.3 is 5.32 Å². The SMILES string of the molecule is O=C(NC1CC1)c1cnc2scc(-c3ccc(Cl)s3)n2c1=O. The molecule has 0 radical (unpaired) electrons. The summed E-state index contributed by atoms with van der Waals surface area (Å²) < 4.78 is 2.13. The van der Waals surface area contributed by atoms with Gasteiger partial charge in [0.15, 0.2) is 4.96 Å². The van der Waals surface area contributed by atoms with Crippen molar-refractivity contribution in [2.75, 3.05) is 0 Å². The Morgan fingerprint density at radius 1 is 1.41 bits per heavy atom. The maximum absolute atomic E-state index is 12.7. The predicted molar refractivity (Wildman–Crippen MR) is 88.2 cm³/mol. The fraction of sp³-hybridized carbons (Fsp3) is 0.214. The normalized spacial score (nSPS) is 14.4. The van der Waals surface area contributed by atoms with Crippen LogP contribution >= 0.6 is 34.3 Å². The van der Waals surface area contributed by atoms with Gasteiger partial charge in [0.05, 0.1) is 14.9 Å². The van der Waals surface area contributed by atoms with E-state index in [1.54, 1.807) is 6.07 Å². The van der Waals surface area contributed by atoms with E-state index in [4.69, 9.17) is 11.6 Å². The number of nitrogens with one attached hydrogen (secondary N) is 1. The maximum atomic E-state index is 12.7. The van der Waals surface area contributed by atoms with Gasteiger partial charge >= 0.3 is 0 Å². The van der Waals surface area contributed by atoms with Crippen LogP contribution < -0.4 is 10.9 Å². The summed E-state index contributed by atoms with van der Waals surface area (Å²) in [5.41, 5.74) is 0.450. The van der Waals surface area contributed by atoms with E-state index in [2.05, 4.69) is 10.3 Å². The van der Waals surface area contributed by atoms with Gasteiger partial charge in [-0.05, 0) is 25.0 Å². The number of thiazole rings is 1. The molecule has 8 heteroatoms. The molecule has 0 unspecified atom stereocenters. The van der Waals surface area contributed by atoms with E-state index in [0.29, 0.717) is 9.30 Å². The first-order valence-corrected chi connectivity index (χ1v) is 8.77. The Balaban J connectivity index is 1.86. The number of halogens is 1. The molecular formula is C14H10ClN3O2S2. The molecule has 3 aromatic rings. The molecule has 3 heterocycles. The van der Waals surface area contributed by atoms with Crippen molar-refractivity contribution in [3.05, 3.63) is 44.0 Å². The number of aromatic nitrogens is 2. The molecule has 1 aliphatic carbocycles. The Morgan fingerprint density at radius 2 is 2.23 bits per heavy atom. The zero-order valence-electron chi connectivity index (χ0n) is 11.2. The number of thiophene rings is 1. The Kier molecular flexibility index (Phi) is 3.28. The molecule has 1 fully saturated rings. The Labute approximate surface area is 138 Å². The van der Waals surface area contributed by atoms with E-state index in [1.165, 1.54) is 33.3 Å². The van der Waals surface area contributed by atoms with Crippen molar-refractivity contribution in [2.24, 2.45) is 0 Å². The number of carbonyl (C=O) groups is 1. The summed E-state index contributed by atoms with van der Waals surface area (Å²) in [5.74, 6) is -0.351. The van der Waals surface area contributed by atoms with Gasteiger partial charge in [0, 0.05) is 17.6 Å². The Bertz CT molecular complexity index is 939. The van der Waals surface area contributed by atoms with Crippen LogP contribution in [0, 0.1) is 0 Å². The lowest BCUT2D eigenvalue weighted by molar-refractivity contribution is 0.0949. The summed E-state index contributed by atoms with van der Waals surface area (Å²) in [7, 11) is 0. The third-order valence-electron chi connectivity index (χ3n) is 3.43. The van der Waals surface area contributed by atoms with Gasteiger partial charge in [0.1, 0.15) is 5.56 Å². The van der Waals surface area contributed by atoms with Crippen molar-refractivity contribution < 1.29 is 4.79 Å². The molecule has 22 heavy (non-hydrogen) atoms. The average Bonchev–Trinajstić information content (AvgIpc) is 3.02. The zero-order valence-corrected chi connectivity index (χ0v) is 13.6. The standard InChI is InChI=1S/C14H10ClN3O2S2/c15-11-4-3-10(22-11)9-6-21-14-16-5-8(13(20)18(9)14)12(19)17-7-1-2-7/h3-7H,1-2H2,(H,17,19). The van der Waals surface area contributed by atoms with Crippen molar-refractivity contribution in [3.8, 4) is 10.6 Å². The second-order valence-corrected chi connectivity index (χ2v) is 7.62. The summed E-state index contributed by atoms with van der Waals surface area (Å²) in [6, 6.07) is 3.84. The highest BCUT2D eigenvalue weighted by Crippen LogP contribution is 2.32. The number of nitrogens with zero attached hydrogens (tertiary/aromatic N) is 2. The van der Waals surface area contributed by atoms with Gasteiger partial charge in [-0.15, -0.1) is 22.7 Å². The van der Waals surface area contributed by atoms with Gasteiger partial charge in [0.2, 0.25) is 0 Å². The van der Waals surface area contributed by atoms with E-state index in [1.807, 2.05) is 11.4 Å². The fourth-order valence-corrected chi connectivity index (χ4v) is 4.14. The molecule has 0 aromatic carbocycles. The first-order valence-electron chi connectivity index (χ1n) is 6.69. The number of hydrogen-bond acceptors (Lipinski definition) is 5. The molecule has 1 saturated carbocycles. The van der Waals surface area contributed by atoms with Gasteiger partial charge in [-0.3, -0.25) is 9.59 Å². The molecule has 0 atom stereocenters. The van der Waals surface area contributed by atoms with Crippen LogP contribution in [-0.2, 0) is 0 Å². The van der Waals surface area contributed by atoms with Crippen molar-refractivity contribution in [1.82, 2.24) is 14.7 Å². The fourth-order valence-electron chi connectivity index (χ4n) is 2.16. The highest BCUT2D eigenvalue weighted by molar-refractivity contribution is 7.20. The molecule has 0 saturated heterocycles. The third kappa shape index (κ3) is 2.35. The minimum Gasteiger partial charge on any atom is -0.349 e. The quantitative estimate of drug-likeness (QED) is 0.788. The lowest BCUT2D eigenvalue weighted by Crippen LogP contribution is -2.32. The van der Waals surface area contributed by atoms with Crippen LogP contribution in [-0.4, -0.2) is 21.3 Å². The maximum Gasteiger partial charge on any atom is 0.271 e. The number of rotatable bonds is 3. The third-order valence-corrected chi connectivity index (χ3v) is 5.52. The van der Waals surface area contributed by atoms with Crippen molar-refractivity contribution in [1.29, 1.82) is 0 Å². The van der Waals surface area contributed by atoms with Crippen LogP contribution in [0.1, 0.15) is 23.2 Å². The molecule has 1 aliphatic rings. The highest BCUT2D eigenvalue weighted by Gasteiger charge is 2.26. The highest BCUT2D eigenvalue weighted by atomic mass is 35.5. The lowest BCUT2D eigenvalue weighted by atomic mass is 10.3. The zero-order chi connectivity index (χ0) is 15.3. The van der Waals surface area contributed by atoms with Crippen LogP contribution in [0.15, 0.2) is 28.5 Å². The first kappa shape index (κ1) is 13.9. The summed E-state index contributed by atoms with van der Waals surface area (Å²) >= 11 is 8.72. The molecule has 112 valence electrons. The number of amides is 1. The van der Waals surface area contributed by atoms with Crippen molar-refractivity contribution in [3.63, 3.8) is 0 Å². The monoisotopic (exact) mass is 351 g/mol. The molecule has 1 amide bonds. The predicted octanol–water partition coefficient (Wildman–Crippen LogP) is 3.03. The van der Waals surface area contributed by atoms with E-state index < -0.39 is 0 Å². The van der Waals surface area contributed by atoms with Crippen molar-refractivity contribution >= 4 is 45.1 Å². The van der Waals surface area contributed by atoms with Crippen LogP contribution in [0.5, 0.6) is 0 Å².